The van der Waals surface area contributed by atoms with Gasteiger partial charge in [0.25, 0.3) is 0 Å². The molecule has 98 valence electrons. The molecule has 0 aliphatic heterocycles. The van der Waals surface area contributed by atoms with E-state index < -0.39 is 5.97 Å². The van der Waals surface area contributed by atoms with Crippen LogP contribution in [-0.2, 0) is 0 Å². The second-order valence-corrected chi connectivity index (χ2v) is 4.79. The van der Waals surface area contributed by atoms with Crippen molar-refractivity contribution in [2.24, 2.45) is 5.92 Å². The van der Waals surface area contributed by atoms with Crippen LogP contribution in [0, 0.1) is 5.92 Å². The van der Waals surface area contributed by atoms with Gasteiger partial charge < -0.3 is 9.84 Å². The van der Waals surface area contributed by atoms with Gasteiger partial charge in [-0.15, -0.1) is 0 Å². The van der Waals surface area contributed by atoms with Crippen LogP contribution < -0.4 is 4.74 Å². The maximum absolute atomic E-state index is 10.8. The molecule has 0 spiro atoms. The van der Waals surface area contributed by atoms with Crippen molar-refractivity contribution in [3.8, 4) is 5.75 Å². The molecule has 1 aliphatic carbocycles. The number of carbonyl (C=O) groups is 1. The second kappa shape index (κ2) is 5.85. The Balaban J connectivity index is 2.07. The van der Waals surface area contributed by atoms with Crippen LogP contribution in [0.15, 0.2) is 18.3 Å². The van der Waals surface area contributed by atoms with E-state index in [1.54, 1.807) is 6.07 Å². The van der Waals surface area contributed by atoms with E-state index in [0.717, 1.165) is 12.8 Å². The van der Waals surface area contributed by atoms with Gasteiger partial charge in [-0.05, 0) is 37.7 Å². The zero-order valence-corrected chi connectivity index (χ0v) is 10.6. The Bertz CT molecular complexity index is 419. The van der Waals surface area contributed by atoms with Crippen molar-refractivity contribution in [2.75, 3.05) is 0 Å². The zero-order valence-electron chi connectivity index (χ0n) is 10.6. The van der Waals surface area contributed by atoms with E-state index >= 15 is 0 Å². The summed E-state index contributed by atoms with van der Waals surface area (Å²) in [5.74, 6) is 0.184. The topological polar surface area (TPSA) is 59.4 Å². The lowest BCUT2D eigenvalue weighted by Crippen LogP contribution is -2.30. The third kappa shape index (κ3) is 3.00. The van der Waals surface area contributed by atoms with Gasteiger partial charge in [0.05, 0.1) is 0 Å². The second-order valence-electron chi connectivity index (χ2n) is 4.79. The van der Waals surface area contributed by atoms with E-state index in [0.29, 0.717) is 11.7 Å². The number of hydrogen-bond acceptors (Lipinski definition) is 3. The minimum atomic E-state index is -1.02. The summed E-state index contributed by atoms with van der Waals surface area (Å²) in [6.07, 6.45) is 7.55. The number of aromatic nitrogens is 1. The van der Waals surface area contributed by atoms with Crippen molar-refractivity contribution in [1.82, 2.24) is 4.98 Å². The highest BCUT2D eigenvalue weighted by Gasteiger charge is 2.25. The van der Waals surface area contributed by atoms with Gasteiger partial charge in [-0.1, -0.05) is 13.3 Å². The number of carboxylic acid groups (broad SMARTS) is 1. The number of aromatic carboxylic acids is 1. The Morgan fingerprint density at radius 1 is 1.50 bits per heavy atom. The molecule has 2 atom stereocenters. The largest absolute Gasteiger partial charge is 0.490 e. The van der Waals surface area contributed by atoms with Crippen LogP contribution in [0.3, 0.4) is 0 Å². The van der Waals surface area contributed by atoms with Gasteiger partial charge in [-0.3, -0.25) is 0 Å². The lowest BCUT2D eigenvalue weighted by Gasteiger charge is -2.31. The first-order chi connectivity index (χ1) is 8.70. The molecule has 1 aromatic heterocycles. The number of nitrogens with zero attached hydrogens (tertiary/aromatic N) is 1. The Labute approximate surface area is 107 Å². The molecular formula is C14H19NO3. The smallest absolute Gasteiger partial charge is 0.354 e. The first-order valence-corrected chi connectivity index (χ1v) is 6.56. The summed E-state index contributed by atoms with van der Waals surface area (Å²) in [7, 11) is 0. The van der Waals surface area contributed by atoms with Gasteiger partial charge in [0.2, 0.25) is 0 Å². The highest BCUT2D eigenvalue weighted by Crippen LogP contribution is 2.30. The van der Waals surface area contributed by atoms with Gasteiger partial charge in [-0.2, -0.15) is 0 Å². The fourth-order valence-corrected chi connectivity index (χ4v) is 2.57. The molecule has 1 fully saturated rings. The molecule has 0 radical (unpaired) electrons. The minimum absolute atomic E-state index is 0.0383. The van der Waals surface area contributed by atoms with Gasteiger partial charge in [0.1, 0.15) is 11.9 Å². The number of ether oxygens (including phenoxy) is 1. The average Bonchev–Trinajstić information content (AvgIpc) is 2.39. The van der Waals surface area contributed by atoms with Crippen LogP contribution in [-0.4, -0.2) is 22.2 Å². The molecule has 1 saturated carbocycles. The molecule has 4 heteroatoms. The summed E-state index contributed by atoms with van der Waals surface area (Å²) < 4.78 is 5.95. The monoisotopic (exact) mass is 249 g/mol. The van der Waals surface area contributed by atoms with Gasteiger partial charge in [0, 0.05) is 12.3 Å². The van der Waals surface area contributed by atoms with E-state index in [1.807, 2.05) is 0 Å². The lowest BCUT2D eigenvalue weighted by atomic mass is 9.85. The molecule has 18 heavy (non-hydrogen) atoms. The quantitative estimate of drug-likeness (QED) is 0.890. The van der Waals surface area contributed by atoms with Crippen molar-refractivity contribution in [3.05, 3.63) is 24.0 Å². The summed E-state index contributed by atoms with van der Waals surface area (Å²) in [6.45, 7) is 2.18. The molecule has 1 aliphatic rings. The fourth-order valence-electron chi connectivity index (χ4n) is 2.57. The number of hydrogen-bond donors (Lipinski definition) is 1. The summed E-state index contributed by atoms with van der Waals surface area (Å²) in [5.41, 5.74) is 0.0383. The Morgan fingerprint density at radius 3 is 3.00 bits per heavy atom. The number of rotatable bonds is 4. The molecule has 0 amide bonds. The third-order valence-corrected chi connectivity index (χ3v) is 3.60. The van der Waals surface area contributed by atoms with Gasteiger partial charge in [-0.25, -0.2) is 9.78 Å². The molecule has 0 aromatic carbocycles. The fraction of sp³-hybridized carbons (Fsp3) is 0.571. The summed E-state index contributed by atoms with van der Waals surface area (Å²) in [5, 5.41) is 8.90. The van der Waals surface area contributed by atoms with Crippen LogP contribution >= 0.6 is 0 Å². The Morgan fingerprint density at radius 2 is 2.28 bits per heavy atom. The van der Waals surface area contributed by atoms with E-state index in [9.17, 15) is 4.79 Å². The molecular weight excluding hydrogens is 230 g/mol. The summed E-state index contributed by atoms with van der Waals surface area (Å²) in [4.78, 5) is 14.6. The molecule has 1 heterocycles. The molecule has 0 saturated heterocycles. The Kier molecular flexibility index (Phi) is 4.18. The Hall–Kier alpha value is -1.58. The lowest BCUT2D eigenvalue weighted by molar-refractivity contribution is 0.0686. The minimum Gasteiger partial charge on any atom is -0.490 e. The van der Waals surface area contributed by atoms with E-state index in [-0.39, 0.29) is 11.8 Å². The van der Waals surface area contributed by atoms with Crippen molar-refractivity contribution in [2.45, 2.75) is 45.1 Å². The number of pyridine rings is 1. The molecule has 1 aromatic rings. The molecule has 2 unspecified atom stereocenters. The zero-order chi connectivity index (χ0) is 13.0. The van der Waals surface area contributed by atoms with E-state index in [4.69, 9.17) is 9.84 Å². The average molecular weight is 249 g/mol. The van der Waals surface area contributed by atoms with Crippen LogP contribution in [0.1, 0.15) is 49.5 Å². The van der Waals surface area contributed by atoms with Crippen LogP contribution in [0.4, 0.5) is 0 Å². The maximum Gasteiger partial charge on any atom is 0.354 e. The predicted octanol–water partition coefficient (Wildman–Crippen LogP) is 3.13. The maximum atomic E-state index is 10.8. The van der Waals surface area contributed by atoms with Crippen LogP contribution in [0.25, 0.3) is 0 Å². The van der Waals surface area contributed by atoms with E-state index in [2.05, 4.69) is 11.9 Å². The predicted molar refractivity (Wildman–Crippen MR) is 67.9 cm³/mol. The van der Waals surface area contributed by atoms with Crippen LogP contribution in [0.5, 0.6) is 5.75 Å². The van der Waals surface area contributed by atoms with Crippen molar-refractivity contribution >= 4 is 5.97 Å². The number of carboxylic acids is 1. The van der Waals surface area contributed by atoms with Crippen molar-refractivity contribution < 1.29 is 14.6 Å². The molecule has 1 N–H and O–H groups in total. The normalized spacial score (nSPS) is 23.6. The molecule has 0 bridgehead atoms. The first kappa shape index (κ1) is 12.9. The van der Waals surface area contributed by atoms with Crippen LogP contribution in [0.2, 0.25) is 0 Å². The highest BCUT2D eigenvalue weighted by molar-refractivity contribution is 5.85. The van der Waals surface area contributed by atoms with Crippen molar-refractivity contribution in [1.29, 1.82) is 0 Å². The summed E-state index contributed by atoms with van der Waals surface area (Å²) >= 11 is 0. The molecule has 4 nitrogen and oxygen atoms in total. The van der Waals surface area contributed by atoms with E-state index in [1.165, 1.54) is 31.5 Å². The first-order valence-electron chi connectivity index (χ1n) is 6.56. The van der Waals surface area contributed by atoms with Crippen molar-refractivity contribution in [3.63, 3.8) is 0 Å². The van der Waals surface area contributed by atoms with Gasteiger partial charge in [0.15, 0.2) is 5.69 Å². The SMILES string of the molecule is CCC1CCCCC1Oc1ccnc(C(=O)O)c1. The molecule has 2 rings (SSSR count). The summed E-state index contributed by atoms with van der Waals surface area (Å²) in [6, 6.07) is 3.23. The van der Waals surface area contributed by atoms with Gasteiger partial charge >= 0.3 is 5.97 Å². The standard InChI is InChI=1S/C14H19NO3/c1-2-10-5-3-4-6-13(10)18-11-7-8-15-12(9-11)14(16)17/h7-10,13H,2-6H2,1H3,(H,16,17). The third-order valence-electron chi connectivity index (χ3n) is 3.60. The highest BCUT2D eigenvalue weighted by atomic mass is 16.5.